The molecule has 0 amide bonds. The summed E-state index contributed by atoms with van der Waals surface area (Å²) in [6, 6.07) is 9.33. The second-order valence-corrected chi connectivity index (χ2v) is 3.64. The van der Waals surface area contributed by atoms with Crippen molar-refractivity contribution in [1.82, 2.24) is 0 Å². The van der Waals surface area contributed by atoms with Gasteiger partial charge in [-0.1, -0.05) is 6.07 Å². The molecule has 0 aliphatic heterocycles. The smallest absolute Gasteiger partial charge is 0.0386 e. The summed E-state index contributed by atoms with van der Waals surface area (Å²) in [5, 5.41) is 3.15. The number of rotatable bonds is 3. The first-order chi connectivity index (χ1) is 6.31. The number of benzene rings is 1. The summed E-state index contributed by atoms with van der Waals surface area (Å²) in [5.74, 6) is 0. The predicted octanol–water partition coefficient (Wildman–Crippen LogP) is 2.33. The maximum absolute atomic E-state index is 3.15. The molecule has 13 heavy (non-hydrogen) atoms. The topological polar surface area (TPSA) is 15.3 Å². The van der Waals surface area contributed by atoms with Crippen LogP contribution in [0, 0.1) is 0 Å². The Labute approximate surface area is 79.6 Å². The van der Waals surface area contributed by atoms with Gasteiger partial charge in [0.05, 0.1) is 0 Å². The van der Waals surface area contributed by atoms with Crippen molar-refractivity contribution in [2.45, 2.75) is 18.9 Å². The Balaban J connectivity index is 2.18. The predicted molar refractivity (Wildman–Crippen MR) is 57.4 cm³/mol. The molecule has 2 heteroatoms. The average molecular weight is 176 g/mol. The molecule has 1 saturated carbocycles. The van der Waals surface area contributed by atoms with Crippen molar-refractivity contribution >= 4 is 11.4 Å². The van der Waals surface area contributed by atoms with Gasteiger partial charge < -0.3 is 10.2 Å². The molecular formula is C11H16N2. The van der Waals surface area contributed by atoms with Crippen molar-refractivity contribution in [2.24, 2.45) is 0 Å². The molecule has 1 aliphatic rings. The van der Waals surface area contributed by atoms with E-state index in [1.54, 1.807) is 0 Å². The van der Waals surface area contributed by atoms with E-state index < -0.39 is 0 Å². The minimum absolute atomic E-state index is 0.784. The van der Waals surface area contributed by atoms with Crippen molar-refractivity contribution in [3.8, 4) is 0 Å². The second-order valence-electron chi connectivity index (χ2n) is 3.64. The molecule has 70 valence electrons. The maximum atomic E-state index is 3.15. The third kappa shape index (κ3) is 1.77. The van der Waals surface area contributed by atoms with Crippen LogP contribution in [-0.2, 0) is 0 Å². The Morgan fingerprint density at radius 1 is 1.38 bits per heavy atom. The molecule has 2 nitrogen and oxygen atoms in total. The Bertz CT molecular complexity index is 292. The lowest BCUT2D eigenvalue weighted by molar-refractivity contribution is 0.917. The zero-order valence-corrected chi connectivity index (χ0v) is 8.25. The molecule has 0 spiro atoms. The minimum atomic E-state index is 0.784. The van der Waals surface area contributed by atoms with Crippen LogP contribution in [0.3, 0.4) is 0 Å². The number of hydrogen-bond acceptors (Lipinski definition) is 2. The lowest BCUT2D eigenvalue weighted by atomic mass is 10.2. The zero-order chi connectivity index (χ0) is 9.26. The summed E-state index contributed by atoms with van der Waals surface area (Å²) in [6.45, 7) is 0. The molecular weight excluding hydrogens is 160 g/mol. The van der Waals surface area contributed by atoms with Gasteiger partial charge >= 0.3 is 0 Å². The lowest BCUT2D eigenvalue weighted by Crippen LogP contribution is -2.19. The minimum Gasteiger partial charge on any atom is -0.388 e. The quantitative estimate of drug-likeness (QED) is 0.760. The second kappa shape index (κ2) is 3.29. The molecule has 2 rings (SSSR count). The van der Waals surface area contributed by atoms with Crippen LogP contribution in [0.4, 0.5) is 11.4 Å². The average Bonchev–Trinajstić information content (AvgIpc) is 3.00. The monoisotopic (exact) mass is 176 g/mol. The molecule has 1 fully saturated rings. The van der Waals surface area contributed by atoms with E-state index in [2.05, 4.69) is 41.5 Å². The Hall–Kier alpha value is -1.18. The zero-order valence-electron chi connectivity index (χ0n) is 8.25. The highest BCUT2D eigenvalue weighted by Gasteiger charge is 2.26. The molecule has 1 N–H and O–H groups in total. The summed E-state index contributed by atoms with van der Waals surface area (Å²) in [7, 11) is 4.13. The molecule has 1 aromatic carbocycles. The first kappa shape index (κ1) is 8.42. The van der Waals surface area contributed by atoms with E-state index in [9.17, 15) is 0 Å². The fourth-order valence-corrected chi connectivity index (χ4v) is 1.55. The van der Waals surface area contributed by atoms with Gasteiger partial charge in [0.15, 0.2) is 0 Å². The molecule has 0 atom stereocenters. The molecule has 0 heterocycles. The fraction of sp³-hybridized carbons (Fsp3) is 0.455. The third-order valence-electron chi connectivity index (χ3n) is 2.64. The van der Waals surface area contributed by atoms with E-state index in [4.69, 9.17) is 0 Å². The molecule has 0 saturated heterocycles. The molecule has 1 aliphatic carbocycles. The SMILES string of the molecule is CNc1cccc(N(C)C2CC2)c1. The number of anilines is 2. The molecule has 1 aromatic rings. The van der Waals surface area contributed by atoms with E-state index in [0.717, 1.165) is 6.04 Å². The van der Waals surface area contributed by atoms with Crippen LogP contribution in [-0.4, -0.2) is 20.1 Å². The normalized spacial score (nSPS) is 15.5. The Morgan fingerprint density at radius 2 is 2.15 bits per heavy atom. The standard InChI is InChI=1S/C11H16N2/c1-12-9-4-3-5-11(8-9)13(2)10-6-7-10/h3-5,8,10,12H,6-7H2,1-2H3. The van der Waals surface area contributed by atoms with Crippen molar-refractivity contribution in [3.05, 3.63) is 24.3 Å². The summed E-state index contributed by atoms with van der Waals surface area (Å²) >= 11 is 0. The lowest BCUT2D eigenvalue weighted by Gasteiger charge is -2.19. The molecule has 0 unspecified atom stereocenters. The Morgan fingerprint density at radius 3 is 2.77 bits per heavy atom. The van der Waals surface area contributed by atoms with Crippen molar-refractivity contribution < 1.29 is 0 Å². The largest absolute Gasteiger partial charge is 0.388 e. The highest BCUT2D eigenvalue weighted by atomic mass is 15.2. The van der Waals surface area contributed by atoms with Crippen LogP contribution in [0.5, 0.6) is 0 Å². The first-order valence-corrected chi connectivity index (χ1v) is 4.82. The van der Waals surface area contributed by atoms with E-state index >= 15 is 0 Å². The molecule has 0 bridgehead atoms. The number of nitrogens with one attached hydrogen (secondary N) is 1. The highest BCUT2D eigenvalue weighted by molar-refractivity contribution is 5.58. The summed E-state index contributed by atoms with van der Waals surface area (Å²) in [5.41, 5.74) is 2.50. The third-order valence-corrected chi connectivity index (χ3v) is 2.64. The van der Waals surface area contributed by atoms with Crippen LogP contribution in [0.1, 0.15) is 12.8 Å². The van der Waals surface area contributed by atoms with Gasteiger partial charge in [0.1, 0.15) is 0 Å². The van der Waals surface area contributed by atoms with Crippen LogP contribution in [0.25, 0.3) is 0 Å². The van der Waals surface area contributed by atoms with Gasteiger partial charge in [0.25, 0.3) is 0 Å². The van der Waals surface area contributed by atoms with Crippen molar-refractivity contribution in [1.29, 1.82) is 0 Å². The number of nitrogens with zero attached hydrogens (tertiary/aromatic N) is 1. The van der Waals surface area contributed by atoms with Gasteiger partial charge in [0.2, 0.25) is 0 Å². The van der Waals surface area contributed by atoms with Gasteiger partial charge in [-0.25, -0.2) is 0 Å². The van der Waals surface area contributed by atoms with Crippen LogP contribution in [0.2, 0.25) is 0 Å². The van der Waals surface area contributed by atoms with Crippen molar-refractivity contribution in [3.63, 3.8) is 0 Å². The van der Waals surface area contributed by atoms with E-state index in [-0.39, 0.29) is 0 Å². The van der Waals surface area contributed by atoms with Crippen molar-refractivity contribution in [2.75, 3.05) is 24.3 Å². The number of hydrogen-bond donors (Lipinski definition) is 1. The van der Waals surface area contributed by atoms with E-state index in [1.165, 1.54) is 24.2 Å². The van der Waals surface area contributed by atoms with E-state index in [1.807, 2.05) is 7.05 Å². The Kier molecular flexibility index (Phi) is 2.13. The first-order valence-electron chi connectivity index (χ1n) is 4.82. The van der Waals surface area contributed by atoms with Gasteiger partial charge in [-0.3, -0.25) is 0 Å². The van der Waals surface area contributed by atoms with Crippen LogP contribution >= 0.6 is 0 Å². The van der Waals surface area contributed by atoms with Gasteiger partial charge in [-0.05, 0) is 31.0 Å². The summed E-state index contributed by atoms with van der Waals surface area (Å²) in [6.07, 6.45) is 2.70. The highest BCUT2D eigenvalue weighted by Crippen LogP contribution is 2.30. The van der Waals surface area contributed by atoms with Gasteiger partial charge in [-0.2, -0.15) is 0 Å². The van der Waals surface area contributed by atoms with Crippen LogP contribution < -0.4 is 10.2 Å². The fourth-order valence-electron chi connectivity index (χ4n) is 1.55. The summed E-state index contributed by atoms with van der Waals surface area (Å²) < 4.78 is 0. The summed E-state index contributed by atoms with van der Waals surface area (Å²) in [4.78, 5) is 2.36. The van der Waals surface area contributed by atoms with Gasteiger partial charge in [-0.15, -0.1) is 0 Å². The van der Waals surface area contributed by atoms with Gasteiger partial charge in [0, 0.05) is 31.5 Å². The van der Waals surface area contributed by atoms with Crippen LogP contribution in [0.15, 0.2) is 24.3 Å². The molecule has 0 radical (unpaired) electrons. The molecule has 0 aromatic heterocycles. The maximum Gasteiger partial charge on any atom is 0.0386 e. The van der Waals surface area contributed by atoms with E-state index in [0.29, 0.717) is 0 Å².